The molecule has 0 aliphatic carbocycles. The van der Waals surface area contributed by atoms with Gasteiger partial charge < -0.3 is 15.3 Å². The molecule has 4 rings (SSSR count). The highest BCUT2D eigenvalue weighted by molar-refractivity contribution is 6.06. The van der Waals surface area contributed by atoms with Crippen molar-refractivity contribution in [2.24, 2.45) is 0 Å². The number of carbonyl (C=O) groups is 1. The molecule has 1 amide bonds. The molecule has 0 saturated heterocycles. The molecule has 0 aliphatic rings. The summed E-state index contributed by atoms with van der Waals surface area (Å²) in [6.45, 7) is 0. The van der Waals surface area contributed by atoms with Crippen molar-refractivity contribution in [2.45, 2.75) is 0 Å². The van der Waals surface area contributed by atoms with Crippen LogP contribution in [0.1, 0.15) is 10.4 Å². The third-order valence-corrected chi connectivity index (χ3v) is 3.74. The van der Waals surface area contributed by atoms with E-state index in [0.717, 1.165) is 10.9 Å². The van der Waals surface area contributed by atoms with Crippen LogP contribution in [0.15, 0.2) is 59.9 Å². The monoisotopic (exact) mass is 304 g/mol. The summed E-state index contributed by atoms with van der Waals surface area (Å²) in [6.07, 6.45) is 6.30. The number of aromatic amines is 2. The van der Waals surface area contributed by atoms with Crippen LogP contribution in [0.5, 0.6) is 0 Å². The van der Waals surface area contributed by atoms with Crippen molar-refractivity contribution in [1.29, 1.82) is 0 Å². The summed E-state index contributed by atoms with van der Waals surface area (Å²) in [5.74, 6) is -0.456. The van der Waals surface area contributed by atoms with Crippen LogP contribution in [0.2, 0.25) is 0 Å². The van der Waals surface area contributed by atoms with Gasteiger partial charge in [-0.3, -0.25) is 14.6 Å². The Kier molecular flexibility index (Phi) is 2.94. The fourth-order valence-corrected chi connectivity index (χ4v) is 2.55. The van der Waals surface area contributed by atoms with Crippen molar-refractivity contribution < 1.29 is 4.79 Å². The average Bonchev–Trinajstić information content (AvgIpc) is 3.03. The third kappa shape index (κ3) is 2.26. The van der Waals surface area contributed by atoms with Crippen LogP contribution in [0.4, 0.5) is 5.69 Å². The summed E-state index contributed by atoms with van der Waals surface area (Å²) >= 11 is 0. The second kappa shape index (κ2) is 5.10. The van der Waals surface area contributed by atoms with Crippen molar-refractivity contribution in [1.82, 2.24) is 15.0 Å². The van der Waals surface area contributed by atoms with E-state index in [0.29, 0.717) is 16.6 Å². The van der Waals surface area contributed by atoms with E-state index in [4.69, 9.17) is 0 Å². The van der Waals surface area contributed by atoms with Crippen LogP contribution in [0.25, 0.3) is 21.8 Å². The first-order valence-corrected chi connectivity index (χ1v) is 7.06. The molecule has 6 nitrogen and oxygen atoms in total. The SMILES string of the molecule is O=C(Nc1ccc2cc[nH]c2c1)c1c[nH]c2ccncc2c1=O. The predicted octanol–water partition coefficient (Wildman–Crippen LogP) is 2.66. The van der Waals surface area contributed by atoms with E-state index in [1.807, 2.05) is 24.4 Å². The fraction of sp³-hybridized carbons (Fsp3) is 0. The van der Waals surface area contributed by atoms with Crippen molar-refractivity contribution >= 4 is 33.4 Å². The van der Waals surface area contributed by atoms with Gasteiger partial charge in [0.25, 0.3) is 5.91 Å². The van der Waals surface area contributed by atoms with Crippen LogP contribution in [0, 0.1) is 0 Å². The van der Waals surface area contributed by atoms with Gasteiger partial charge in [-0.1, -0.05) is 6.07 Å². The van der Waals surface area contributed by atoms with Gasteiger partial charge >= 0.3 is 0 Å². The Morgan fingerprint density at radius 3 is 2.91 bits per heavy atom. The number of carbonyl (C=O) groups excluding carboxylic acids is 1. The van der Waals surface area contributed by atoms with Crippen LogP contribution in [-0.4, -0.2) is 20.9 Å². The highest BCUT2D eigenvalue weighted by atomic mass is 16.2. The number of fused-ring (bicyclic) bond motifs is 2. The van der Waals surface area contributed by atoms with E-state index in [1.165, 1.54) is 12.4 Å². The summed E-state index contributed by atoms with van der Waals surface area (Å²) in [5, 5.41) is 4.19. The Morgan fingerprint density at radius 2 is 2.00 bits per heavy atom. The molecule has 23 heavy (non-hydrogen) atoms. The normalized spacial score (nSPS) is 11.0. The molecule has 0 radical (unpaired) electrons. The maximum atomic E-state index is 12.4. The van der Waals surface area contributed by atoms with Gasteiger partial charge in [-0.05, 0) is 29.7 Å². The minimum atomic E-state index is -0.456. The molecular weight excluding hydrogens is 292 g/mol. The third-order valence-electron chi connectivity index (χ3n) is 3.74. The molecule has 0 spiro atoms. The van der Waals surface area contributed by atoms with E-state index >= 15 is 0 Å². The Balaban J connectivity index is 1.71. The van der Waals surface area contributed by atoms with Gasteiger partial charge in [0.15, 0.2) is 0 Å². The van der Waals surface area contributed by atoms with Gasteiger partial charge in [-0.25, -0.2) is 0 Å². The number of amides is 1. The van der Waals surface area contributed by atoms with E-state index in [2.05, 4.69) is 20.3 Å². The summed E-state index contributed by atoms with van der Waals surface area (Å²) in [6, 6.07) is 9.16. The molecule has 0 aliphatic heterocycles. The summed E-state index contributed by atoms with van der Waals surface area (Å²) in [4.78, 5) is 34.8. The highest BCUT2D eigenvalue weighted by Gasteiger charge is 2.13. The van der Waals surface area contributed by atoms with E-state index in [1.54, 1.807) is 18.3 Å². The van der Waals surface area contributed by atoms with Gasteiger partial charge in [-0.2, -0.15) is 0 Å². The standard InChI is InChI=1S/C17H12N4O2/c22-16-12-8-18-5-4-14(12)20-9-13(16)17(23)21-11-2-1-10-3-6-19-15(10)7-11/h1-9,19H,(H,20,22)(H,21,23). The minimum absolute atomic E-state index is 0.0529. The predicted molar refractivity (Wildman–Crippen MR) is 88.6 cm³/mol. The first kappa shape index (κ1) is 13.3. The molecule has 4 aromatic rings. The molecule has 0 unspecified atom stereocenters. The lowest BCUT2D eigenvalue weighted by Crippen LogP contribution is -2.22. The lowest BCUT2D eigenvalue weighted by molar-refractivity contribution is 0.102. The molecule has 3 aromatic heterocycles. The highest BCUT2D eigenvalue weighted by Crippen LogP contribution is 2.18. The number of nitrogens with one attached hydrogen (secondary N) is 3. The van der Waals surface area contributed by atoms with Gasteiger partial charge in [0.1, 0.15) is 5.56 Å². The van der Waals surface area contributed by atoms with Gasteiger partial charge in [0.2, 0.25) is 5.43 Å². The molecule has 6 heteroatoms. The van der Waals surface area contributed by atoms with Crippen LogP contribution >= 0.6 is 0 Å². The van der Waals surface area contributed by atoms with Crippen LogP contribution in [-0.2, 0) is 0 Å². The zero-order chi connectivity index (χ0) is 15.8. The summed E-state index contributed by atoms with van der Waals surface area (Å²) in [5.41, 5.74) is 1.90. The molecule has 0 atom stereocenters. The number of pyridine rings is 2. The Labute approximate surface area is 130 Å². The number of rotatable bonds is 2. The Hall–Kier alpha value is -3.41. The molecule has 0 bridgehead atoms. The van der Waals surface area contributed by atoms with Gasteiger partial charge in [0, 0.05) is 36.0 Å². The molecule has 1 aromatic carbocycles. The molecule has 112 valence electrons. The maximum absolute atomic E-state index is 12.4. The molecule has 0 fully saturated rings. The number of H-pyrrole nitrogens is 2. The number of benzene rings is 1. The maximum Gasteiger partial charge on any atom is 0.261 e. The average molecular weight is 304 g/mol. The van der Waals surface area contributed by atoms with Gasteiger partial charge in [-0.15, -0.1) is 0 Å². The summed E-state index contributed by atoms with van der Waals surface area (Å²) < 4.78 is 0. The van der Waals surface area contributed by atoms with Crippen molar-refractivity contribution in [3.05, 3.63) is 70.9 Å². The largest absolute Gasteiger partial charge is 0.361 e. The first-order valence-electron chi connectivity index (χ1n) is 7.06. The van der Waals surface area contributed by atoms with E-state index in [9.17, 15) is 9.59 Å². The molecule has 0 saturated carbocycles. The Bertz CT molecular complexity index is 1090. The van der Waals surface area contributed by atoms with Crippen molar-refractivity contribution in [3.63, 3.8) is 0 Å². The number of anilines is 1. The zero-order valence-corrected chi connectivity index (χ0v) is 12.0. The van der Waals surface area contributed by atoms with Crippen LogP contribution < -0.4 is 10.7 Å². The van der Waals surface area contributed by atoms with Crippen molar-refractivity contribution in [2.75, 3.05) is 5.32 Å². The lowest BCUT2D eigenvalue weighted by Gasteiger charge is -2.06. The molecule has 3 heterocycles. The minimum Gasteiger partial charge on any atom is -0.361 e. The lowest BCUT2D eigenvalue weighted by atomic mass is 10.1. The zero-order valence-electron chi connectivity index (χ0n) is 12.0. The van der Waals surface area contributed by atoms with E-state index < -0.39 is 5.91 Å². The fourth-order valence-electron chi connectivity index (χ4n) is 2.55. The number of nitrogens with zero attached hydrogens (tertiary/aromatic N) is 1. The number of aromatic nitrogens is 3. The second-order valence-corrected chi connectivity index (χ2v) is 5.19. The van der Waals surface area contributed by atoms with Crippen LogP contribution in [0.3, 0.4) is 0 Å². The van der Waals surface area contributed by atoms with E-state index in [-0.39, 0.29) is 11.0 Å². The molecule has 3 N–H and O–H groups in total. The Morgan fingerprint density at radius 1 is 1.09 bits per heavy atom. The smallest absolute Gasteiger partial charge is 0.261 e. The molecular formula is C17H12N4O2. The van der Waals surface area contributed by atoms with Crippen molar-refractivity contribution in [3.8, 4) is 0 Å². The summed E-state index contributed by atoms with van der Waals surface area (Å²) in [7, 11) is 0. The number of hydrogen-bond donors (Lipinski definition) is 3. The second-order valence-electron chi connectivity index (χ2n) is 5.19. The number of hydrogen-bond acceptors (Lipinski definition) is 3. The topological polar surface area (TPSA) is 90.6 Å². The van der Waals surface area contributed by atoms with Gasteiger partial charge in [0.05, 0.1) is 10.9 Å². The first-order chi connectivity index (χ1) is 11.2. The quantitative estimate of drug-likeness (QED) is 0.531.